The number of ketones is 1. The Kier molecular flexibility index (Phi) is 4.05. The van der Waals surface area contributed by atoms with Gasteiger partial charge in [0.1, 0.15) is 0 Å². The lowest BCUT2D eigenvalue weighted by atomic mass is 10.1. The fourth-order valence-electron chi connectivity index (χ4n) is 2.09. The summed E-state index contributed by atoms with van der Waals surface area (Å²) in [5.74, 6) is 1.63. The maximum Gasteiger partial charge on any atom is 0.174 e. The van der Waals surface area contributed by atoms with E-state index >= 15 is 0 Å². The summed E-state index contributed by atoms with van der Waals surface area (Å²) in [6.45, 7) is 1.85. The standard InChI is InChI=1S/C13H16O2S2/c1-2-12(14)13(11-7-4-3-5-8-11)16-9-6-10-17(13)15/h3-5,7-8H,2,6,9-10H2,1H3/t13-,17+/m0/s1. The summed E-state index contributed by atoms with van der Waals surface area (Å²) in [6, 6.07) is 9.58. The molecule has 1 aromatic carbocycles. The Morgan fingerprint density at radius 3 is 2.71 bits per heavy atom. The van der Waals surface area contributed by atoms with Crippen LogP contribution < -0.4 is 0 Å². The van der Waals surface area contributed by atoms with Gasteiger partial charge in [-0.15, -0.1) is 11.8 Å². The van der Waals surface area contributed by atoms with Gasteiger partial charge < -0.3 is 0 Å². The van der Waals surface area contributed by atoms with Gasteiger partial charge in [0.2, 0.25) is 0 Å². The fraction of sp³-hybridized carbons (Fsp3) is 0.462. The molecule has 0 N–H and O–H groups in total. The van der Waals surface area contributed by atoms with E-state index in [0.29, 0.717) is 12.2 Å². The fourth-order valence-corrected chi connectivity index (χ4v) is 5.97. The Hall–Kier alpha value is -0.610. The van der Waals surface area contributed by atoms with Crippen LogP contribution in [-0.4, -0.2) is 21.5 Å². The zero-order valence-corrected chi connectivity index (χ0v) is 11.5. The van der Waals surface area contributed by atoms with Crippen LogP contribution in [0.5, 0.6) is 0 Å². The topological polar surface area (TPSA) is 34.1 Å². The number of carbonyl (C=O) groups excluding carboxylic acids is 1. The molecule has 2 rings (SSSR count). The minimum absolute atomic E-state index is 0.0896. The van der Waals surface area contributed by atoms with Crippen molar-refractivity contribution in [2.24, 2.45) is 0 Å². The highest BCUT2D eigenvalue weighted by atomic mass is 32.2. The molecule has 1 aromatic rings. The first-order valence-electron chi connectivity index (χ1n) is 5.83. The molecule has 1 aliphatic heterocycles. The summed E-state index contributed by atoms with van der Waals surface area (Å²) < 4.78 is 11.6. The van der Waals surface area contributed by atoms with Crippen molar-refractivity contribution < 1.29 is 9.00 Å². The van der Waals surface area contributed by atoms with Crippen molar-refractivity contribution in [2.45, 2.75) is 23.8 Å². The average Bonchev–Trinajstić information content (AvgIpc) is 2.39. The number of hydrogen-bond donors (Lipinski definition) is 0. The van der Waals surface area contributed by atoms with Crippen molar-refractivity contribution in [1.82, 2.24) is 0 Å². The molecular formula is C13H16O2S2. The van der Waals surface area contributed by atoms with Gasteiger partial charge in [-0.25, -0.2) is 0 Å². The zero-order chi connectivity index (χ0) is 12.3. The van der Waals surface area contributed by atoms with Crippen LogP contribution in [0.1, 0.15) is 25.3 Å². The largest absolute Gasteiger partial charge is 0.297 e. The van der Waals surface area contributed by atoms with Crippen molar-refractivity contribution in [3.63, 3.8) is 0 Å². The Balaban J connectivity index is 2.50. The number of thioether (sulfide) groups is 1. The van der Waals surface area contributed by atoms with Gasteiger partial charge in [0.25, 0.3) is 0 Å². The third-order valence-electron chi connectivity index (χ3n) is 2.94. The van der Waals surface area contributed by atoms with Gasteiger partial charge in [-0.1, -0.05) is 37.3 Å². The first-order valence-corrected chi connectivity index (χ1v) is 8.13. The SMILES string of the molecule is CCC(=O)[C@@]1(c2ccccc2)SCCC[S@]1=O. The molecule has 92 valence electrons. The number of rotatable bonds is 3. The van der Waals surface area contributed by atoms with Gasteiger partial charge in [-0.05, 0) is 17.7 Å². The molecule has 2 atom stereocenters. The van der Waals surface area contributed by atoms with E-state index in [1.807, 2.05) is 37.3 Å². The van der Waals surface area contributed by atoms with Gasteiger partial charge in [-0.2, -0.15) is 0 Å². The minimum atomic E-state index is -1.10. The average molecular weight is 268 g/mol. The smallest absolute Gasteiger partial charge is 0.174 e. The van der Waals surface area contributed by atoms with Gasteiger partial charge in [0, 0.05) is 23.0 Å². The van der Waals surface area contributed by atoms with Gasteiger partial charge in [0.15, 0.2) is 9.86 Å². The molecule has 0 radical (unpaired) electrons. The van der Waals surface area contributed by atoms with Crippen LogP contribution >= 0.6 is 11.8 Å². The van der Waals surface area contributed by atoms with Crippen LogP contribution in [0.15, 0.2) is 30.3 Å². The van der Waals surface area contributed by atoms with E-state index in [1.54, 1.807) is 11.8 Å². The zero-order valence-electron chi connectivity index (χ0n) is 9.85. The number of hydrogen-bond acceptors (Lipinski definition) is 3. The second kappa shape index (κ2) is 5.36. The van der Waals surface area contributed by atoms with E-state index in [2.05, 4.69) is 0 Å². The molecule has 1 aliphatic rings. The Morgan fingerprint density at radius 2 is 2.12 bits per heavy atom. The van der Waals surface area contributed by atoms with Gasteiger partial charge in [0.05, 0.1) is 0 Å². The van der Waals surface area contributed by atoms with Crippen LogP contribution in [0.25, 0.3) is 0 Å². The van der Waals surface area contributed by atoms with E-state index in [-0.39, 0.29) is 5.78 Å². The highest BCUT2D eigenvalue weighted by Gasteiger charge is 2.46. The molecule has 1 fully saturated rings. The molecule has 0 bridgehead atoms. The molecule has 1 saturated heterocycles. The first-order chi connectivity index (χ1) is 8.21. The molecule has 4 heteroatoms. The first kappa shape index (κ1) is 12.8. The lowest BCUT2D eigenvalue weighted by Gasteiger charge is -2.34. The Morgan fingerprint density at radius 1 is 1.41 bits per heavy atom. The summed E-state index contributed by atoms with van der Waals surface area (Å²) >= 11 is 1.55. The van der Waals surface area contributed by atoms with Crippen LogP contribution in [-0.2, 0) is 19.7 Å². The lowest BCUT2D eigenvalue weighted by Crippen LogP contribution is -2.41. The summed E-state index contributed by atoms with van der Waals surface area (Å²) in [5, 5.41) is 0. The van der Waals surface area contributed by atoms with Crippen molar-refractivity contribution >= 4 is 28.3 Å². The maximum atomic E-state index is 12.4. The molecule has 0 spiro atoms. The third-order valence-corrected chi connectivity index (χ3v) is 6.98. The lowest BCUT2D eigenvalue weighted by molar-refractivity contribution is -0.119. The van der Waals surface area contributed by atoms with E-state index in [1.165, 1.54) is 0 Å². The molecule has 17 heavy (non-hydrogen) atoms. The molecule has 0 aliphatic carbocycles. The second-order valence-corrected chi connectivity index (χ2v) is 7.29. The van der Waals surface area contributed by atoms with Crippen LogP contribution in [0.4, 0.5) is 0 Å². The van der Waals surface area contributed by atoms with Crippen LogP contribution in [0, 0.1) is 0 Å². The summed E-state index contributed by atoms with van der Waals surface area (Å²) in [5.41, 5.74) is 0.898. The Bertz CT molecular complexity index is 420. The number of benzene rings is 1. The molecular weight excluding hydrogens is 252 g/mol. The van der Waals surface area contributed by atoms with Gasteiger partial charge >= 0.3 is 0 Å². The Labute approximate surface area is 109 Å². The summed E-state index contributed by atoms with van der Waals surface area (Å²) in [7, 11) is -1.10. The molecule has 0 aromatic heterocycles. The summed E-state index contributed by atoms with van der Waals surface area (Å²) in [4.78, 5) is 12.3. The number of carbonyl (C=O) groups is 1. The minimum Gasteiger partial charge on any atom is -0.297 e. The molecule has 2 nitrogen and oxygen atoms in total. The van der Waals surface area contributed by atoms with E-state index in [9.17, 15) is 9.00 Å². The molecule has 0 saturated carbocycles. The quantitative estimate of drug-likeness (QED) is 0.845. The van der Waals surface area contributed by atoms with E-state index in [0.717, 1.165) is 17.7 Å². The van der Waals surface area contributed by atoms with Crippen molar-refractivity contribution in [3.05, 3.63) is 35.9 Å². The monoisotopic (exact) mass is 268 g/mol. The normalized spacial score (nSPS) is 28.9. The molecule has 0 amide bonds. The van der Waals surface area contributed by atoms with Crippen molar-refractivity contribution in [2.75, 3.05) is 11.5 Å². The highest BCUT2D eigenvalue weighted by molar-refractivity contribution is 8.13. The van der Waals surface area contributed by atoms with Crippen LogP contribution in [0.2, 0.25) is 0 Å². The predicted octanol–water partition coefficient (Wildman–Crippen LogP) is 2.70. The van der Waals surface area contributed by atoms with E-state index in [4.69, 9.17) is 0 Å². The highest BCUT2D eigenvalue weighted by Crippen LogP contribution is 2.45. The predicted molar refractivity (Wildman–Crippen MR) is 73.5 cm³/mol. The maximum absolute atomic E-state index is 12.4. The molecule has 0 unspecified atom stereocenters. The van der Waals surface area contributed by atoms with Gasteiger partial charge in [-0.3, -0.25) is 9.00 Å². The summed E-state index contributed by atoms with van der Waals surface area (Å²) in [6.07, 6.45) is 1.37. The van der Waals surface area contributed by atoms with Crippen molar-refractivity contribution in [3.8, 4) is 0 Å². The van der Waals surface area contributed by atoms with Crippen LogP contribution in [0.3, 0.4) is 0 Å². The van der Waals surface area contributed by atoms with Crippen molar-refractivity contribution in [1.29, 1.82) is 0 Å². The number of Topliss-reactive ketones (excluding diaryl/α,β-unsaturated/α-hetero) is 1. The van der Waals surface area contributed by atoms with E-state index < -0.39 is 14.9 Å². The second-order valence-electron chi connectivity index (χ2n) is 4.01. The third kappa shape index (κ3) is 2.20. The molecule has 1 heterocycles.